The van der Waals surface area contributed by atoms with Gasteiger partial charge in [-0.15, -0.1) is 11.6 Å². The minimum absolute atomic E-state index is 0.244. The summed E-state index contributed by atoms with van der Waals surface area (Å²) in [6.45, 7) is 1.87. The van der Waals surface area contributed by atoms with Crippen molar-refractivity contribution in [2.24, 2.45) is 0 Å². The zero-order valence-corrected chi connectivity index (χ0v) is 13.0. The van der Waals surface area contributed by atoms with Crippen LogP contribution in [0.5, 0.6) is 0 Å². The third-order valence-electron chi connectivity index (χ3n) is 3.08. The van der Waals surface area contributed by atoms with Crippen molar-refractivity contribution < 1.29 is 4.39 Å². The smallest absolute Gasteiger partial charge is 0.132 e. The Hall–Kier alpha value is -1.39. The highest BCUT2D eigenvalue weighted by molar-refractivity contribution is 9.10. The second kappa shape index (κ2) is 5.19. The van der Waals surface area contributed by atoms with E-state index in [1.165, 1.54) is 12.1 Å². The summed E-state index contributed by atoms with van der Waals surface area (Å²) in [6, 6.07) is 12.2. The van der Waals surface area contributed by atoms with Gasteiger partial charge in [-0.2, -0.15) is 0 Å². The van der Waals surface area contributed by atoms with Crippen LogP contribution in [-0.4, -0.2) is 9.55 Å². The van der Waals surface area contributed by atoms with E-state index in [0.717, 1.165) is 27.0 Å². The van der Waals surface area contributed by atoms with E-state index in [1.54, 1.807) is 12.1 Å². The zero-order chi connectivity index (χ0) is 14.3. The van der Waals surface area contributed by atoms with Crippen LogP contribution in [0.25, 0.3) is 16.7 Å². The van der Waals surface area contributed by atoms with Gasteiger partial charge in [0, 0.05) is 10.2 Å². The van der Waals surface area contributed by atoms with Crippen LogP contribution in [0.3, 0.4) is 0 Å². The molecule has 0 aliphatic carbocycles. The lowest BCUT2D eigenvalue weighted by atomic mass is 10.2. The first kappa shape index (κ1) is 13.6. The van der Waals surface area contributed by atoms with Gasteiger partial charge in [-0.25, -0.2) is 9.37 Å². The third kappa shape index (κ3) is 2.34. The lowest BCUT2D eigenvalue weighted by molar-refractivity contribution is 0.627. The summed E-state index contributed by atoms with van der Waals surface area (Å²) in [5.74, 6) is 0.478. The topological polar surface area (TPSA) is 17.8 Å². The SMILES string of the molecule is CC(Cl)c1nc2ccc(Br)cc2n1-c1ccc(F)cc1. The van der Waals surface area contributed by atoms with Crippen LogP contribution in [0.1, 0.15) is 18.1 Å². The molecule has 3 aromatic rings. The maximum atomic E-state index is 13.1. The first-order valence-electron chi connectivity index (χ1n) is 6.14. The maximum absolute atomic E-state index is 13.1. The van der Waals surface area contributed by atoms with Gasteiger partial charge in [0.2, 0.25) is 0 Å². The zero-order valence-electron chi connectivity index (χ0n) is 10.6. The summed E-state index contributed by atoms with van der Waals surface area (Å²) in [5.41, 5.74) is 2.64. The van der Waals surface area contributed by atoms with E-state index in [1.807, 2.05) is 29.7 Å². The number of rotatable bonds is 2. The van der Waals surface area contributed by atoms with Crippen molar-refractivity contribution in [1.82, 2.24) is 9.55 Å². The molecule has 3 rings (SSSR count). The number of halogens is 3. The fourth-order valence-corrected chi connectivity index (χ4v) is 2.69. The van der Waals surface area contributed by atoms with Gasteiger partial charge in [0.25, 0.3) is 0 Å². The molecule has 0 fully saturated rings. The van der Waals surface area contributed by atoms with Gasteiger partial charge in [0.15, 0.2) is 0 Å². The number of fused-ring (bicyclic) bond motifs is 1. The summed E-state index contributed by atoms with van der Waals surface area (Å²) < 4.78 is 16.0. The third-order valence-corrected chi connectivity index (χ3v) is 3.77. The molecule has 0 aliphatic rings. The summed E-state index contributed by atoms with van der Waals surface area (Å²) >= 11 is 9.69. The number of alkyl halides is 1. The molecular weight excluding hydrogens is 343 g/mol. The lowest BCUT2D eigenvalue weighted by Crippen LogP contribution is -2.01. The Morgan fingerprint density at radius 3 is 2.55 bits per heavy atom. The molecule has 1 aromatic heterocycles. The van der Waals surface area contributed by atoms with Crippen molar-refractivity contribution in [3.63, 3.8) is 0 Å². The predicted octanol–water partition coefficient (Wildman–Crippen LogP) is 5.23. The summed E-state index contributed by atoms with van der Waals surface area (Å²) in [5, 5.41) is -0.244. The van der Waals surface area contributed by atoms with Crippen molar-refractivity contribution in [3.05, 3.63) is 58.6 Å². The normalized spacial score (nSPS) is 12.8. The molecule has 0 spiro atoms. The summed E-state index contributed by atoms with van der Waals surface area (Å²) in [7, 11) is 0. The van der Waals surface area contributed by atoms with Crippen molar-refractivity contribution >= 4 is 38.6 Å². The van der Waals surface area contributed by atoms with Gasteiger partial charge in [0.1, 0.15) is 11.6 Å². The maximum Gasteiger partial charge on any atom is 0.132 e. The number of aromatic nitrogens is 2. The second-order valence-electron chi connectivity index (χ2n) is 4.53. The van der Waals surface area contributed by atoms with E-state index in [-0.39, 0.29) is 11.2 Å². The lowest BCUT2D eigenvalue weighted by Gasteiger charge is -2.10. The first-order chi connectivity index (χ1) is 9.56. The quantitative estimate of drug-likeness (QED) is 0.577. The molecule has 0 aliphatic heterocycles. The number of imidazole rings is 1. The fraction of sp³-hybridized carbons (Fsp3) is 0.133. The number of hydrogen-bond donors (Lipinski definition) is 0. The van der Waals surface area contributed by atoms with Crippen LogP contribution >= 0.6 is 27.5 Å². The molecule has 2 aromatic carbocycles. The number of hydrogen-bond acceptors (Lipinski definition) is 1. The molecule has 0 saturated heterocycles. The van der Waals surface area contributed by atoms with E-state index in [4.69, 9.17) is 11.6 Å². The molecule has 0 saturated carbocycles. The molecular formula is C15H11BrClFN2. The van der Waals surface area contributed by atoms with Crippen molar-refractivity contribution in [2.45, 2.75) is 12.3 Å². The molecule has 20 heavy (non-hydrogen) atoms. The summed E-state index contributed by atoms with van der Waals surface area (Å²) in [4.78, 5) is 4.57. The molecule has 0 amide bonds. The molecule has 102 valence electrons. The van der Waals surface area contributed by atoms with Crippen LogP contribution in [0.2, 0.25) is 0 Å². The van der Waals surface area contributed by atoms with Crippen molar-refractivity contribution in [3.8, 4) is 5.69 Å². The molecule has 0 bridgehead atoms. The highest BCUT2D eigenvalue weighted by Gasteiger charge is 2.16. The van der Waals surface area contributed by atoms with Crippen LogP contribution in [0.4, 0.5) is 4.39 Å². The van der Waals surface area contributed by atoms with Crippen molar-refractivity contribution in [2.75, 3.05) is 0 Å². The Balaban J connectivity index is 2.33. The molecule has 1 heterocycles. The molecule has 1 atom stereocenters. The van der Waals surface area contributed by atoms with Gasteiger partial charge >= 0.3 is 0 Å². The molecule has 0 N–H and O–H groups in total. The van der Waals surface area contributed by atoms with E-state index < -0.39 is 0 Å². The minimum Gasteiger partial charge on any atom is -0.295 e. The Bertz CT molecular complexity index is 765. The van der Waals surface area contributed by atoms with E-state index in [9.17, 15) is 4.39 Å². The van der Waals surface area contributed by atoms with Crippen molar-refractivity contribution in [1.29, 1.82) is 0 Å². The van der Waals surface area contributed by atoms with Gasteiger partial charge in [-0.05, 0) is 49.4 Å². The Morgan fingerprint density at radius 2 is 1.90 bits per heavy atom. The van der Waals surface area contributed by atoms with Crippen LogP contribution in [0.15, 0.2) is 46.9 Å². The van der Waals surface area contributed by atoms with Gasteiger partial charge in [-0.3, -0.25) is 4.57 Å². The van der Waals surface area contributed by atoms with E-state index in [2.05, 4.69) is 20.9 Å². The average Bonchev–Trinajstić information content (AvgIpc) is 2.78. The first-order valence-corrected chi connectivity index (χ1v) is 7.37. The molecule has 0 radical (unpaired) electrons. The van der Waals surface area contributed by atoms with Crippen LogP contribution in [0, 0.1) is 5.82 Å². The largest absolute Gasteiger partial charge is 0.295 e. The van der Waals surface area contributed by atoms with Crippen LogP contribution < -0.4 is 0 Å². The number of nitrogens with zero attached hydrogens (tertiary/aromatic N) is 2. The Morgan fingerprint density at radius 1 is 1.20 bits per heavy atom. The van der Waals surface area contributed by atoms with Gasteiger partial charge in [-0.1, -0.05) is 15.9 Å². The molecule has 2 nitrogen and oxygen atoms in total. The van der Waals surface area contributed by atoms with E-state index >= 15 is 0 Å². The minimum atomic E-state index is -0.264. The molecule has 5 heteroatoms. The second-order valence-corrected chi connectivity index (χ2v) is 6.10. The van der Waals surface area contributed by atoms with Gasteiger partial charge < -0.3 is 0 Å². The monoisotopic (exact) mass is 352 g/mol. The highest BCUT2D eigenvalue weighted by Crippen LogP contribution is 2.29. The molecule has 1 unspecified atom stereocenters. The standard InChI is InChI=1S/C15H11BrClFN2/c1-9(17)15-19-13-7-2-10(16)8-14(13)20(15)12-5-3-11(18)4-6-12/h2-9H,1H3. The number of benzene rings is 2. The highest BCUT2D eigenvalue weighted by atomic mass is 79.9. The Kier molecular flexibility index (Phi) is 3.52. The predicted molar refractivity (Wildman–Crippen MR) is 83.0 cm³/mol. The van der Waals surface area contributed by atoms with Crippen LogP contribution in [-0.2, 0) is 0 Å². The Labute approximate surface area is 129 Å². The average molecular weight is 354 g/mol. The fourth-order valence-electron chi connectivity index (χ4n) is 2.20. The van der Waals surface area contributed by atoms with E-state index in [0.29, 0.717) is 0 Å². The van der Waals surface area contributed by atoms with Gasteiger partial charge in [0.05, 0.1) is 16.4 Å². The summed E-state index contributed by atoms with van der Waals surface area (Å²) in [6.07, 6.45) is 0.